The Morgan fingerprint density at radius 3 is 2.50 bits per heavy atom. The highest BCUT2D eigenvalue weighted by Crippen LogP contribution is 2.27. The van der Waals surface area contributed by atoms with Crippen LogP contribution >= 0.6 is 0 Å². The highest BCUT2D eigenvalue weighted by atomic mass is 16.1. The van der Waals surface area contributed by atoms with Crippen molar-refractivity contribution in [1.82, 2.24) is 5.32 Å². The first-order valence-electron chi connectivity index (χ1n) is 6.42. The Bertz CT molecular complexity index is 209. The van der Waals surface area contributed by atoms with Gasteiger partial charge in [0.15, 0.2) is 0 Å². The van der Waals surface area contributed by atoms with Gasteiger partial charge in [-0.15, -0.1) is 0 Å². The SMILES string of the molecule is C=CC(=O)NCCC(C)(C)CCCCCC. The van der Waals surface area contributed by atoms with Crippen molar-refractivity contribution in [3.8, 4) is 0 Å². The molecule has 0 aliphatic heterocycles. The van der Waals surface area contributed by atoms with E-state index in [0.29, 0.717) is 5.41 Å². The fraction of sp³-hybridized carbons (Fsp3) is 0.786. The summed E-state index contributed by atoms with van der Waals surface area (Å²) in [6.07, 6.45) is 8.87. The van der Waals surface area contributed by atoms with Crippen molar-refractivity contribution in [3.63, 3.8) is 0 Å². The number of hydrogen-bond acceptors (Lipinski definition) is 1. The smallest absolute Gasteiger partial charge is 0.243 e. The van der Waals surface area contributed by atoms with E-state index in [1.54, 1.807) is 0 Å². The molecule has 0 fully saturated rings. The average molecular weight is 225 g/mol. The molecule has 1 amide bonds. The molecule has 0 radical (unpaired) electrons. The zero-order chi connectivity index (χ0) is 12.4. The predicted molar refractivity (Wildman–Crippen MR) is 70.4 cm³/mol. The molecular weight excluding hydrogens is 198 g/mol. The third kappa shape index (κ3) is 8.51. The third-order valence-electron chi connectivity index (χ3n) is 2.99. The van der Waals surface area contributed by atoms with Crippen LogP contribution in [0.15, 0.2) is 12.7 Å². The molecule has 2 nitrogen and oxygen atoms in total. The molecule has 16 heavy (non-hydrogen) atoms. The van der Waals surface area contributed by atoms with E-state index in [4.69, 9.17) is 0 Å². The van der Waals surface area contributed by atoms with Crippen molar-refractivity contribution < 1.29 is 4.79 Å². The maximum absolute atomic E-state index is 11.0. The maximum Gasteiger partial charge on any atom is 0.243 e. The molecule has 0 aromatic rings. The van der Waals surface area contributed by atoms with Crippen molar-refractivity contribution in [1.29, 1.82) is 0 Å². The molecule has 94 valence electrons. The number of carbonyl (C=O) groups is 1. The van der Waals surface area contributed by atoms with Gasteiger partial charge in [-0.3, -0.25) is 4.79 Å². The Morgan fingerprint density at radius 1 is 1.25 bits per heavy atom. The summed E-state index contributed by atoms with van der Waals surface area (Å²) in [4.78, 5) is 11.0. The van der Waals surface area contributed by atoms with Gasteiger partial charge < -0.3 is 5.32 Å². The molecule has 0 atom stereocenters. The fourth-order valence-electron chi connectivity index (χ4n) is 1.75. The first-order valence-corrected chi connectivity index (χ1v) is 6.42. The monoisotopic (exact) mass is 225 g/mol. The zero-order valence-electron chi connectivity index (χ0n) is 11.1. The summed E-state index contributed by atoms with van der Waals surface area (Å²) in [5.74, 6) is -0.0678. The first-order chi connectivity index (χ1) is 7.52. The van der Waals surface area contributed by atoms with Crippen LogP contribution in [0.3, 0.4) is 0 Å². The van der Waals surface area contributed by atoms with E-state index in [0.717, 1.165) is 13.0 Å². The van der Waals surface area contributed by atoms with E-state index in [9.17, 15) is 4.79 Å². The summed E-state index contributed by atoms with van der Waals surface area (Å²) in [7, 11) is 0. The number of unbranched alkanes of at least 4 members (excludes halogenated alkanes) is 3. The largest absolute Gasteiger partial charge is 0.353 e. The van der Waals surface area contributed by atoms with E-state index in [1.165, 1.54) is 38.2 Å². The van der Waals surface area contributed by atoms with Gasteiger partial charge >= 0.3 is 0 Å². The van der Waals surface area contributed by atoms with Crippen LogP contribution in [0.1, 0.15) is 59.3 Å². The molecule has 1 N–H and O–H groups in total. The Kier molecular flexibility index (Phi) is 7.96. The van der Waals surface area contributed by atoms with E-state index in [2.05, 4.69) is 32.7 Å². The molecule has 0 bridgehead atoms. The van der Waals surface area contributed by atoms with Crippen LogP contribution in [-0.2, 0) is 4.79 Å². The van der Waals surface area contributed by atoms with Crippen LogP contribution < -0.4 is 5.32 Å². The number of rotatable bonds is 9. The number of nitrogens with one attached hydrogen (secondary N) is 1. The molecule has 0 saturated carbocycles. The number of amides is 1. The third-order valence-corrected chi connectivity index (χ3v) is 2.99. The molecule has 2 heteroatoms. The summed E-state index contributed by atoms with van der Waals surface area (Å²) in [6.45, 7) is 11.0. The predicted octanol–water partition coefficient (Wildman–Crippen LogP) is 3.68. The lowest BCUT2D eigenvalue weighted by Crippen LogP contribution is -2.26. The van der Waals surface area contributed by atoms with Gasteiger partial charge in [0.05, 0.1) is 0 Å². The van der Waals surface area contributed by atoms with Crippen molar-refractivity contribution in [2.45, 2.75) is 59.3 Å². The van der Waals surface area contributed by atoms with Crippen molar-refractivity contribution in [2.75, 3.05) is 6.54 Å². The normalized spacial score (nSPS) is 11.2. The second kappa shape index (κ2) is 8.37. The number of carbonyl (C=O) groups excluding carboxylic acids is 1. The molecule has 0 saturated heterocycles. The van der Waals surface area contributed by atoms with Crippen LogP contribution in [0, 0.1) is 5.41 Å². The standard InChI is InChI=1S/C14H27NO/c1-5-7-8-9-10-14(3,4)11-12-15-13(16)6-2/h6H,2,5,7-12H2,1,3-4H3,(H,15,16). The van der Waals surface area contributed by atoms with Gasteiger partial charge in [0.2, 0.25) is 5.91 Å². The molecule has 0 aromatic heterocycles. The quantitative estimate of drug-likeness (QED) is 0.471. The van der Waals surface area contributed by atoms with Gasteiger partial charge in [0, 0.05) is 6.54 Å². The molecule has 0 heterocycles. The van der Waals surface area contributed by atoms with Crippen LogP contribution in [0.2, 0.25) is 0 Å². The van der Waals surface area contributed by atoms with E-state index >= 15 is 0 Å². The maximum atomic E-state index is 11.0. The summed E-state index contributed by atoms with van der Waals surface area (Å²) in [6, 6.07) is 0. The van der Waals surface area contributed by atoms with E-state index in [1.807, 2.05) is 0 Å². The zero-order valence-corrected chi connectivity index (χ0v) is 11.1. The van der Waals surface area contributed by atoms with Gasteiger partial charge in [-0.2, -0.15) is 0 Å². The Hall–Kier alpha value is -0.790. The molecule has 0 aliphatic carbocycles. The molecule has 0 aliphatic rings. The average Bonchev–Trinajstić information content (AvgIpc) is 2.24. The topological polar surface area (TPSA) is 29.1 Å². The minimum absolute atomic E-state index is 0.0678. The lowest BCUT2D eigenvalue weighted by Gasteiger charge is -2.24. The Balaban J connectivity index is 3.61. The number of hydrogen-bond donors (Lipinski definition) is 1. The van der Waals surface area contributed by atoms with Crippen LogP contribution in [0.4, 0.5) is 0 Å². The van der Waals surface area contributed by atoms with Crippen molar-refractivity contribution in [3.05, 3.63) is 12.7 Å². The van der Waals surface area contributed by atoms with Crippen LogP contribution in [0.25, 0.3) is 0 Å². The highest BCUT2D eigenvalue weighted by molar-refractivity contribution is 5.86. The second-order valence-electron chi connectivity index (χ2n) is 5.22. The van der Waals surface area contributed by atoms with Gasteiger partial charge in [-0.05, 0) is 24.3 Å². The van der Waals surface area contributed by atoms with Crippen LogP contribution in [-0.4, -0.2) is 12.5 Å². The summed E-state index contributed by atoms with van der Waals surface area (Å²) >= 11 is 0. The molecule has 0 aromatic carbocycles. The lowest BCUT2D eigenvalue weighted by atomic mass is 9.83. The Labute approximate surface area is 101 Å². The Morgan fingerprint density at radius 2 is 1.94 bits per heavy atom. The van der Waals surface area contributed by atoms with Gasteiger partial charge in [-0.25, -0.2) is 0 Å². The fourth-order valence-corrected chi connectivity index (χ4v) is 1.75. The summed E-state index contributed by atoms with van der Waals surface area (Å²) < 4.78 is 0. The molecule has 0 unspecified atom stereocenters. The van der Waals surface area contributed by atoms with Gasteiger partial charge in [0.25, 0.3) is 0 Å². The summed E-state index contributed by atoms with van der Waals surface area (Å²) in [5, 5.41) is 2.83. The first kappa shape index (κ1) is 15.2. The van der Waals surface area contributed by atoms with Crippen molar-refractivity contribution in [2.24, 2.45) is 5.41 Å². The van der Waals surface area contributed by atoms with Gasteiger partial charge in [-0.1, -0.05) is 53.0 Å². The van der Waals surface area contributed by atoms with Gasteiger partial charge in [0.1, 0.15) is 0 Å². The van der Waals surface area contributed by atoms with Crippen molar-refractivity contribution >= 4 is 5.91 Å². The minimum Gasteiger partial charge on any atom is -0.353 e. The second-order valence-corrected chi connectivity index (χ2v) is 5.22. The van der Waals surface area contributed by atoms with E-state index < -0.39 is 0 Å². The molecular formula is C14H27NO. The highest BCUT2D eigenvalue weighted by Gasteiger charge is 2.16. The van der Waals surface area contributed by atoms with Crippen LogP contribution in [0.5, 0.6) is 0 Å². The van der Waals surface area contributed by atoms with E-state index in [-0.39, 0.29) is 5.91 Å². The lowest BCUT2D eigenvalue weighted by molar-refractivity contribution is -0.116. The molecule has 0 rings (SSSR count). The summed E-state index contributed by atoms with van der Waals surface area (Å²) in [5.41, 5.74) is 0.336. The molecule has 0 spiro atoms. The minimum atomic E-state index is -0.0678.